The summed E-state index contributed by atoms with van der Waals surface area (Å²) < 4.78 is 10.7. The van der Waals surface area contributed by atoms with Gasteiger partial charge in [0, 0.05) is 74.7 Å². The van der Waals surface area contributed by atoms with Crippen molar-refractivity contribution in [2.75, 3.05) is 44.1 Å². The molecule has 9 heteroatoms. The second-order valence-corrected chi connectivity index (χ2v) is 10.5. The molecule has 2 aromatic heterocycles. The van der Waals surface area contributed by atoms with Crippen LogP contribution in [-0.4, -0.2) is 61.6 Å². The summed E-state index contributed by atoms with van der Waals surface area (Å²) in [6.45, 7) is 4.72. The zero-order chi connectivity index (χ0) is 25.4. The minimum atomic E-state index is -0.407. The summed E-state index contributed by atoms with van der Waals surface area (Å²) in [5.74, 6) is 0.822. The largest absolute Gasteiger partial charge is 0.383 e. The molecule has 2 aromatic rings. The van der Waals surface area contributed by atoms with Crippen LogP contribution >= 0.6 is 11.6 Å². The van der Waals surface area contributed by atoms with E-state index in [1.165, 1.54) is 0 Å². The molecular formula is C27H37ClN6O2. The van der Waals surface area contributed by atoms with E-state index < -0.39 is 5.41 Å². The number of methoxy groups -OCH3 is 1. The Hall–Kier alpha value is -2.44. The molecule has 0 spiro atoms. The van der Waals surface area contributed by atoms with E-state index in [4.69, 9.17) is 21.1 Å². The fraction of sp³-hybridized carbons (Fsp3) is 0.593. The van der Waals surface area contributed by atoms with Crippen LogP contribution in [0.15, 0.2) is 30.7 Å². The second-order valence-electron chi connectivity index (χ2n) is 10.1. The summed E-state index contributed by atoms with van der Waals surface area (Å²) in [5.41, 5.74) is 2.25. The topological polar surface area (TPSA) is 104 Å². The Morgan fingerprint density at radius 2 is 1.92 bits per heavy atom. The maximum Gasteiger partial charge on any atom is 0.126 e. The molecule has 1 aliphatic carbocycles. The Morgan fingerprint density at radius 3 is 2.64 bits per heavy atom. The molecular weight excluding hydrogens is 476 g/mol. The van der Waals surface area contributed by atoms with Crippen LogP contribution in [0.5, 0.6) is 0 Å². The first kappa shape index (κ1) is 26.6. The Balaban J connectivity index is 1.37. The summed E-state index contributed by atoms with van der Waals surface area (Å²) in [7, 11) is 1.74. The molecule has 0 amide bonds. The first-order chi connectivity index (χ1) is 17.5. The number of nitrogens with one attached hydrogen (secondary N) is 3. The number of nitrogens with zero attached hydrogens (tertiary/aromatic N) is 3. The normalized spacial score (nSPS) is 22.4. The number of halogens is 1. The van der Waals surface area contributed by atoms with E-state index in [9.17, 15) is 5.26 Å². The summed E-state index contributed by atoms with van der Waals surface area (Å²) in [4.78, 5) is 8.95. The van der Waals surface area contributed by atoms with Crippen molar-refractivity contribution >= 4 is 23.1 Å². The number of pyridine rings is 2. The van der Waals surface area contributed by atoms with Gasteiger partial charge < -0.3 is 25.4 Å². The van der Waals surface area contributed by atoms with Gasteiger partial charge in [-0.2, -0.15) is 5.26 Å². The molecule has 1 saturated heterocycles. The Labute approximate surface area is 219 Å². The molecule has 3 N–H and O–H groups in total. The van der Waals surface area contributed by atoms with Crippen LogP contribution in [0.2, 0.25) is 5.02 Å². The van der Waals surface area contributed by atoms with Crippen LogP contribution in [0.4, 0.5) is 11.5 Å². The molecule has 1 saturated carbocycles. The highest BCUT2D eigenvalue weighted by atomic mass is 35.5. The fourth-order valence-corrected chi connectivity index (χ4v) is 5.31. The Bertz CT molecular complexity index is 1030. The summed E-state index contributed by atoms with van der Waals surface area (Å²) in [6.07, 6.45) is 11.2. The zero-order valence-electron chi connectivity index (χ0n) is 21.2. The molecule has 2 aliphatic rings. The van der Waals surface area contributed by atoms with E-state index in [-0.39, 0.29) is 0 Å². The van der Waals surface area contributed by atoms with Gasteiger partial charge in [-0.15, -0.1) is 0 Å². The monoisotopic (exact) mass is 512 g/mol. The number of hydrogen-bond donors (Lipinski definition) is 3. The molecule has 3 heterocycles. The molecule has 1 aliphatic heterocycles. The van der Waals surface area contributed by atoms with Crippen molar-refractivity contribution in [1.82, 2.24) is 15.3 Å². The number of hydrogen-bond acceptors (Lipinski definition) is 8. The number of rotatable bonds is 10. The molecule has 4 rings (SSSR count). The lowest BCUT2D eigenvalue weighted by atomic mass is 9.81. The molecule has 194 valence electrons. The van der Waals surface area contributed by atoms with Gasteiger partial charge in [0.2, 0.25) is 0 Å². The predicted molar refractivity (Wildman–Crippen MR) is 143 cm³/mol. The van der Waals surface area contributed by atoms with Gasteiger partial charge in [-0.05, 0) is 57.6 Å². The quantitative estimate of drug-likeness (QED) is 0.414. The van der Waals surface area contributed by atoms with E-state index in [0.29, 0.717) is 42.9 Å². The Kier molecular flexibility index (Phi) is 9.38. The van der Waals surface area contributed by atoms with Crippen LogP contribution < -0.4 is 16.0 Å². The average Bonchev–Trinajstić information content (AvgIpc) is 2.90. The molecule has 8 nitrogen and oxygen atoms in total. The average molecular weight is 513 g/mol. The molecule has 0 radical (unpaired) electrons. The van der Waals surface area contributed by atoms with Crippen LogP contribution in [-0.2, 0) is 9.47 Å². The van der Waals surface area contributed by atoms with Crippen molar-refractivity contribution in [3.63, 3.8) is 0 Å². The van der Waals surface area contributed by atoms with Gasteiger partial charge in [0.25, 0.3) is 0 Å². The molecule has 0 bridgehead atoms. The highest BCUT2D eigenvalue weighted by molar-refractivity contribution is 6.33. The molecule has 0 unspecified atom stereocenters. The smallest absolute Gasteiger partial charge is 0.126 e. The lowest BCUT2D eigenvalue weighted by molar-refractivity contribution is 0.0456. The van der Waals surface area contributed by atoms with Crippen LogP contribution in [0.1, 0.15) is 45.4 Å². The van der Waals surface area contributed by atoms with Gasteiger partial charge in [-0.25, -0.2) is 4.98 Å². The van der Waals surface area contributed by atoms with Gasteiger partial charge >= 0.3 is 0 Å². The van der Waals surface area contributed by atoms with E-state index >= 15 is 0 Å². The number of aromatic nitrogens is 2. The molecule has 2 fully saturated rings. The molecule has 36 heavy (non-hydrogen) atoms. The minimum Gasteiger partial charge on any atom is -0.383 e. The van der Waals surface area contributed by atoms with E-state index in [0.717, 1.165) is 67.8 Å². The zero-order valence-corrected chi connectivity index (χ0v) is 22.0. The third-order valence-corrected chi connectivity index (χ3v) is 7.54. The highest BCUT2D eigenvalue weighted by Crippen LogP contribution is 2.33. The Morgan fingerprint density at radius 1 is 1.17 bits per heavy atom. The first-order valence-corrected chi connectivity index (χ1v) is 13.2. The van der Waals surface area contributed by atoms with E-state index in [1.807, 2.05) is 18.3 Å². The summed E-state index contributed by atoms with van der Waals surface area (Å²) >= 11 is 6.55. The van der Waals surface area contributed by atoms with E-state index in [1.54, 1.807) is 19.5 Å². The van der Waals surface area contributed by atoms with Crippen LogP contribution in [0.3, 0.4) is 0 Å². The SMILES string of the molecule is COC[C@@H](C)N[C@H]1CC[C@H](Nc2cc(-c3cncc(NCC4(C#N)CCOCC4)c3)c(Cl)cn2)CC1. The van der Waals surface area contributed by atoms with Crippen LogP contribution in [0, 0.1) is 16.7 Å². The summed E-state index contributed by atoms with van der Waals surface area (Å²) in [6, 6.07) is 7.81. The van der Waals surface area contributed by atoms with Gasteiger partial charge in [0.05, 0.1) is 28.8 Å². The van der Waals surface area contributed by atoms with Gasteiger partial charge in [0.1, 0.15) is 5.82 Å². The standard InChI is InChI=1S/C27H37ClN6O2/c1-19(16-35-2)33-21-3-5-22(6-4-21)34-26-12-24(25(28)15-31-26)20-11-23(14-30-13-20)32-18-27(17-29)7-9-36-10-8-27/h11-15,19,21-22,32-33H,3-10,16,18H2,1-2H3,(H,31,34)/t19-,21-,22-/m1/s1. The van der Waals surface area contributed by atoms with Gasteiger partial charge in [-0.1, -0.05) is 11.6 Å². The maximum absolute atomic E-state index is 9.73. The molecule has 0 aromatic carbocycles. The lowest BCUT2D eigenvalue weighted by Gasteiger charge is -2.32. The van der Waals surface area contributed by atoms with Crippen molar-refractivity contribution in [2.24, 2.45) is 5.41 Å². The second kappa shape index (κ2) is 12.7. The maximum atomic E-state index is 9.73. The van der Waals surface area contributed by atoms with Crippen molar-refractivity contribution in [3.05, 3.63) is 35.7 Å². The summed E-state index contributed by atoms with van der Waals surface area (Å²) in [5, 5.41) is 21.0. The van der Waals surface area contributed by atoms with Gasteiger partial charge in [-0.3, -0.25) is 4.98 Å². The van der Waals surface area contributed by atoms with Crippen molar-refractivity contribution < 1.29 is 9.47 Å². The van der Waals surface area contributed by atoms with Gasteiger partial charge in [0.15, 0.2) is 0 Å². The lowest BCUT2D eigenvalue weighted by Crippen LogP contribution is -2.42. The number of nitriles is 1. The number of anilines is 2. The van der Waals surface area contributed by atoms with Crippen molar-refractivity contribution in [1.29, 1.82) is 5.26 Å². The molecule has 1 atom stereocenters. The third-order valence-electron chi connectivity index (χ3n) is 7.24. The number of ether oxygens (including phenoxy) is 2. The van der Waals surface area contributed by atoms with Crippen molar-refractivity contribution in [2.45, 2.75) is 63.6 Å². The van der Waals surface area contributed by atoms with E-state index in [2.05, 4.69) is 38.9 Å². The fourth-order valence-electron chi connectivity index (χ4n) is 5.10. The predicted octanol–water partition coefficient (Wildman–Crippen LogP) is 4.88. The highest BCUT2D eigenvalue weighted by Gasteiger charge is 2.32. The minimum absolute atomic E-state index is 0.367. The first-order valence-electron chi connectivity index (χ1n) is 12.9. The van der Waals surface area contributed by atoms with Crippen molar-refractivity contribution in [3.8, 4) is 17.2 Å². The third kappa shape index (κ3) is 7.07. The van der Waals surface area contributed by atoms with Crippen LogP contribution in [0.25, 0.3) is 11.1 Å².